The first-order chi connectivity index (χ1) is 0. The molecule has 27 valence electrons. The van der Waals surface area contributed by atoms with Gasteiger partial charge in [-0.05, 0) is 11.0 Å². The Labute approximate surface area is 40.0 Å². The smallest absolute Gasteiger partial charge is 0 e. The van der Waals surface area contributed by atoms with Crippen LogP contribution in [0, 0.1) is 0 Å². The standard InChI is InChI=1S/Al.2H2O.H4Si/h;2*1H2;1H4. The molecule has 3 radical (unpaired) electrons. The first-order valence-electron chi connectivity index (χ1n) is 0. The van der Waals surface area contributed by atoms with Crippen LogP contribution in [0.4, 0.5) is 0 Å². The van der Waals surface area contributed by atoms with Gasteiger partial charge in [0.2, 0.25) is 0 Å². The quantitative estimate of drug-likeness (QED) is 0.280. The summed E-state index contributed by atoms with van der Waals surface area (Å²) < 4.78 is 0. The molecule has 0 unspecified atom stereocenters. The second kappa shape index (κ2) is 58.4. The molecule has 0 amide bonds. The summed E-state index contributed by atoms with van der Waals surface area (Å²) in [7, 11) is 0. The van der Waals surface area contributed by atoms with Crippen LogP contribution in [-0.2, 0) is 0 Å². The lowest BCUT2D eigenvalue weighted by Gasteiger charge is -0.413. The van der Waals surface area contributed by atoms with Gasteiger partial charge in [0.25, 0.3) is 0 Å². The van der Waals surface area contributed by atoms with E-state index in [9.17, 15) is 0 Å². The Kier molecular flexibility index (Phi) is 2050. The zero-order valence-corrected chi connectivity index (χ0v) is 2.73. The zero-order valence-electron chi connectivity index (χ0n) is 1.58. The molecule has 0 spiro atoms. The highest BCUT2D eigenvalue weighted by Gasteiger charge is 0.0000726. The van der Waals surface area contributed by atoms with E-state index >= 15 is 0 Å². The third-order valence-corrected chi connectivity index (χ3v) is 0. The molecule has 0 aromatic rings. The van der Waals surface area contributed by atoms with E-state index in [2.05, 4.69) is 0 Å². The van der Waals surface area contributed by atoms with Crippen molar-refractivity contribution >= 4 is 28.3 Å². The van der Waals surface area contributed by atoms with Crippen molar-refractivity contribution in [3.05, 3.63) is 0 Å². The van der Waals surface area contributed by atoms with Crippen LogP contribution in [0.25, 0.3) is 0 Å². The minimum absolute atomic E-state index is 0. The average molecular weight is 95.1 g/mol. The molecule has 0 aliphatic heterocycles. The van der Waals surface area contributed by atoms with Gasteiger partial charge in [0.05, 0.1) is 0 Å². The number of rotatable bonds is 0. The van der Waals surface area contributed by atoms with E-state index < -0.39 is 0 Å². The molecular weight excluding hydrogens is 87.1 g/mol. The number of hydrogen-bond acceptors (Lipinski definition) is 0. The third kappa shape index (κ3) is 16.6. The lowest BCUT2D eigenvalue weighted by atomic mass is 16.0. The van der Waals surface area contributed by atoms with Crippen molar-refractivity contribution in [3.8, 4) is 0 Å². The average Bonchev–Trinajstić information content (AvgIpc) is 0. The molecule has 0 aliphatic rings. The van der Waals surface area contributed by atoms with E-state index in [-0.39, 0.29) is 39.3 Å². The Morgan fingerprint density at radius 1 is 0.750 bits per heavy atom. The fourth-order valence-corrected chi connectivity index (χ4v) is 0. The SMILES string of the molecule is O.O.[Al].[SiH4]. The summed E-state index contributed by atoms with van der Waals surface area (Å²) in [5.41, 5.74) is 0. The molecule has 0 aromatic carbocycles. The maximum Gasteiger partial charge on any atom is 0 e. The van der Waals surface area contributed by atoms with Crippen molar-refractivity contribution in [2.45, 2.75) is 0 Å². The zero-order chi connectivity index (χ0) is 0. The van der Waals surface area contributed by atoms with Crippen LogP contribution in [0.1, 0.15) is 0 Å². The molecule has 0 fully saturated rings. The van der Waals surface area contributed by atoms with Gasteiger partial charge in [-0.2, -0.15) is 0 Å². The predicted octanol–water partition coefficient (Wildman–Crippen LogP) is -3.48. The molecular formula is H8AlO2Si. The molecule has 0 saturated heterocycles. The molecule has 4 heavy (non-hydrogen) atoms. The summed E-state index contributed by atoms with van der Waals surface area (Å²) in [4.78, 5) is 0. The highest BCUT2D eigenvalue weighted by Crippen LogP contribution is -0.288. The van der Waals surface area contributed by atoms with Gasteiger partial charge in [0.15, 0.2) is 0 Å². The first kappa shape index (κ1) is 140. The van der Waals surface area contributed by atoms with Gasteiger partial charge in [0, 0.05) is 17.4 Å². The van der Waals surface area contributed by atoms with E-state index in [0.29, 0.717) is 0 Å². The van der Waals surface area contributed by atoms with Crippen molar-refractivity contribution in [2.75, 3.05) is 0 Å². The Morgan fingerprint density at radius 2 is 0.750 bits per heavy atom. The van der Waals surface area contributed by atoms with Crippen LogP contribution in [0.3, 0.4) is 0 Å². The fraction of sp³-hybridized carbons (Fsp3) is 0. The maximum atomic E-state index is 0. The summed E-state index contributed by atoms with van der Waals surface area (Å²) in [6.45, 7) is 0. The van der Waals surface area contributed by atoms with Crippen molar-refractivity contribution < 1.29 is 11.0 Å². The molecule has 0 bridgehead atoms. The Morgan fingerprint density at radius 3 is 0.750 bits per heavy atom. The van der Waals surface area contributed by atoms with Gasteiger partial charge in [-0.15, -0.1) is 0 Å². The monoisotopic (exact) mass is 95.0 g/mol. The molecule has 0 atom stereocenters. The highest BCUT2D eigenvalue weighted by molar-refractivity contribution is 5.76. The van der Waals surface area contributed by atoms with Crippen LogP contribution in [0.5, 0.6) is 0 Å². The summed E-state index contributed by atoms with van der Waals surface area (Å²) >= 11 is 0. The summed E-state index contributed by atoms with van der Waals surface area (Å²) in [5.74, 6) is 0. The Hall–Kier alpha value is 0.669. The molecule has 0 heterocycles. The Bertz CT molecular complexity index is 6.00. The molecule has 4 heteroatoms. The van der Waals surface area contributed by atoms with Gasteiger partial charge >= 0.3 is 0 Å². The van der Waals surface area contributed by atoms with Gasteiger partial charge in [-0.1, -0.05) is 0 Å². The molecule has 2 nitrogen and oxygen atoms in total. The van der Waals surface area contributed by atoms with E-state index in [0.717, 1.165) is 0 Å². The van der Waals surface area contributed by atoms with Crippen molar-refractivity contribution in [1.82, 2.24) is 0 Å². The van der Waals surface area contributed by atoms with Gasteiger partial charge in [-0.25, -0.2) is 0 Å². The van der Waals surface area contributed by atoms with Crippen LogP contribution in [0.15, 0.2) is 0 Å². The normalized spacial score (nSPS) is 0. The number of hydrogen-bond donors (Lipinski definition) is 0. The predicted molar refractivity (Wildman–Crippen MR) is 24.3 cm³/mol. The third-order valence-electron chi connectivity index (χ3n) is 0. The van der Waals surface area contributed by atoms with Crippen molar-refractivity contribution in [1.29, 1.82) is 0 Å². The lowest BCUT2D eigenvalue weighted by molar-refractivity contribution is 0.823. The maximum absolute atomic E-state index is 0. The van der Waals surface area contributed by atoms with Gasteiger partial charge in [0.1, 0.15) is 0 Å². The fourth-order valence-electron chi connectivity index (χ4n) is 0. The van der Waals surface area contributed by atoms with Crippen molar-refractivity contribution in [3.63, 3.8) is 0 Å². The summed E-state index contributed by atoms with van der Waals surface area (Å²) in [6.07, 6.45) is 0. The minimum atomic E-state index is 0. The molecule has 0 saturated carbocycles. The molecule has 0 rings (SSSR count). The van der Waals surface area contributed by atoms with Crippen LogP contribution >= 0.6 is 0 Å². The summed E-state index contributed by atoms with van der Waals surface area (Å²) in [5, 5.41) is 0. The first-order valence-corrected chi connectivity index (χ1v) is 0. The lowest BCUT2D eigenvalue weighted by Crippen LogP contribution is -0.382. The second-order valence-electron chi connectivity index (χ2n) is 0. The van der Waals surface area contributed by atoms with Crippen LogP contribution < -0.4 is 0 Å². The Balaban J connectivity index is 0. The highest BCUT2D eigenvalue weighted by atomic mass is 28.1. The van der Waals surface area contributed by atoms with Gasteiger partial charge in [-0.3, -0.25) is 0 Å². The molecule has 0 aromatic heterocycles. The van der Waals surface area contributed by atoms with Crippen molar-refractivity contribution in [2.24, 2.45) is 0 Å². The van der Waals surface area contributed by atoms with E-state index in [1.807, 2.05) is 0 Å². The summed E-state index contributed by atoms with van der Waals surface area (Å²) in [6, 6.07) is 0. The van der Waals surface area contributed by atoms with Crippen LogP contribution in [-0.4, -0.2) is 39.3 Å². The van der Waals surface area contributed by atoms with E-state index in [4.69, 9.17) is 0 Å². The topological polar surface area (TPSA) is 63.0 Å². The molecule has 0 aliphatic carbocycles. The van der Waals surface area contributed by atoms with Crippen LogP contribution in [0.2, 0.25) is 0 Å². The molecule has 4 N–H and O–H groups in total. The van der Waals surface area contributed by atoms with E-state index in [1.165, 1.54) is 0 Å². The van der Waals surface area contributed by atoms with E-state index in [1.54, 1.807) is 0 Å². The minimum Gasteiger partial charge on any atom is -0.412 e. The van der Waals surface area contributed by atoms with Gasteiger partial charge < -0.3 is 11.0 Å². The largest absolute Gasteiger partial charge is 0.412 e. The second-order valence-corrected chi connectivity index (χ2v) is 0.